The van der Waals surface area contributed by atoms with E-state index in [2.05, 4.69) is 4.98 Å². The normalized spacial score (nSPS) is 10.8. The molecular formula is C14H11N3O2S. The number of rotatable bonds is 2. The molecule has 0 spiro atoms. The molecule has 3 aromatic heterocycles. The zero-order chi connectivity index (χ0) is 14.3. The van der Waals surface area contributed by atoms with Gasteiger partial charge in [-0.05, 0) is 31.2 Å². The molecule has 1 amide bonds. The zero-order valence-corrected chi connectivity index (χ0v) is 11.5. The predicted octanol–water partition coefficient (Wildman–Crippen LogP) is 1.85. The van der Waals surface area contributed by atoms with Crippen molar-refractivity contribution < 1.29 is 4.79 Å². The number of pyridine rings is 2. The van der Waals surface area contributed by atoms with E-state index in [-0.39, 0.29) is 5.56 Å². The van der Waals surface area contributed by atoms with E-state index in [0.29, 0.717) is 15.3 Å². The Morgan fingerprint density at radius 3 is 2.80 bits per heavy atom. The van der Waals surface area contributed by atoms with Crippen molar-refractivity contribution in [3.8, 4) is 5.69 Å². The Morgan fingerprint density at radius 2 is 2.15 bits per heavy atom. The first-order valence-corrected chi connectivity index (χ1v) is 6.76. The molecule has 0 aliphatic rings. The van der Waals surface area contributed by atoms with Crippen LogP contribution in [-0.2, 0) is 0 Å². The summed E-state index contributed by atoms with van der Waals surface area (Å²) in [6.07, 6.45) is 3.32. The second-order valence-electron chi connectivity index (χ2n) is 4.41. The second-order valence-corrected chi connectivity index (χ2v) is 5.46. The maximum absolute atomic E-state index is 12.4. The number of aryl methyl sites for hydroxylation is 1. The number of nitrogens with two attached hydrogens (primary N) is 1. The van der Waals surface area contributed by atoms with Crippen LogP contribution in [0.5, 0.6) is 0 Å². The molecule has 0 aliphatic carbocycles. The number of thiophene rings is 1. The highest BCUT2D eigenvalue weighted by Gasteiger charge is 2.11. The van der Waals surface area contributed by atoms with E-state index in [1.807, 2.05) is 19.1 Å². The molecule has 0 atom stereocenters. The van der Waals surface area contributed by atoms with Gasteiger partial charge in [0.1, 0.15) is 4.70 Å². The minimum absolute atomic E-state index is 0.175. The van der Waals surface area contributed by atoms with Crippen LogP contribution in [0.25, 0.3) is 15.8 Å². The predicted molar refractivity (Wildman–Crippen MR) is 78.5 cm³/mol. The lowest BCUT2D eigenvalue weighted by atomic mass is 10.3. The maximum Gasteiger partial charge on any atom is 0.273 e. The van der Waals surface area contributed by atoms with Crippen molar-refractivity contribution in [1.82, 2.24) is 9.55 Å². The highest BCUT2D eigenvalue weighted by atomic mass is 32.1. The lowest BCUT2D eigenvalue weighted by molar-refractivity contribution is 0.100. The third-order valence-electron chi connectivity index (χ3n) is 2.99. The standard InChI is InChI=1S/C14H11N3O2S/c1-8-2-3-10(7-16-8)17-5-4-9-6-11(13(15)18)20-12(9)14(17)19/h2-7H,1H3,(H2,15,18). The van der Waals surface area contributed by atoms with E-state index in [9.17, 15) is 9.59 Å². The number of aromatic nitrogens is 2. The molecule has 20 heavy (non-hydrogen) atoms. The van der Waals surface area contributed by atoms with Gasteiger partial charge in [0.15, 0.2) is 0 Å². The summed E-state index contributed by atoms with van der Waals surface area (Å²) in [6.45, 7) is 1.88. The van der Waals surface area contributed by atoms with Crippen LogP contribution in [0.2, 0.25) is 0 Å². The van der Waals surface area contributed by atoms with Crippen LogP contribution in [0.1, 0.15) is 15.4 Å². The van der Waals surface area contributed by atoms with Gasteiger partial charge in [0.25, 0.3) is 11.5 Å². The second kappa shape index (κ2) is 4.57. The van der Waals surface area contributed by atoms with E-state index in [1.54, 1.807) is 24.5 Å². The lowest BCUT2D eigenvalue weighted by Crippen LogP contribution is -2.16. The molecule has 0 aromatic carbocycles. The first-order chi connectivity index (χ1) is 9.56. The number of hydrogen-bond donors (Lipinski definition) is 1. The van der Waals surface area contributed by atoms with E-state index in [0.717, 1.165) is 22.4 Å². The number of carbonyl (C=O) groups is 1. The fraction of sp³-hybridized carbons (Fsp3) is 0.0714. The van der Waals surface area contributed by atoms with Crippen LogP contribution in [-0.4, -0.2) is 15.5 Å². The van der Waals surface area contributed by atoms with Gasteiger partial charge in [-0.15, -0.1) is 11.3 Å². The van der Waals surface area contributed by atoms with Gasteiger partial charge in [0, 0.05) is 17.3 Å². The van der Waals surface area contributed by atoms with E-state index < -0.39 is 5.91 Å². The minimum atomic E-state index is -0.519. The minimum Gasteiger partial charge on any atom is -0.365 e. The Morgan fingerprint density at radius 1 is 1.35 bits per heavy atom. The molecule has 5 nitrogen and oxygen atoms in total. The van der Waals surface area contributed by atoms with Crippen molar-refractivity contribution in [2.45, 2.75) is 6.92 Å². The Bertz CT molecular complexity index is 862. The van der Waals surface area contributed by atoms with Crippen molar-refractivity contribution in [3.63, 3.8) is 0 Å². The van der Waals surface area contributed by atoms with Gasteiger partial charge in [-0.3, -0.25) is 19.1 Å². The highest BCUT2D eigenvalue weighted by molar-refractivity contribution is 7.20. The van der Waals surface area contributed by atoms with Crippen LogP contribution >= 0.6 is 11.3 Å². The average Bonchev–Trinajstić information content (AvgIpc) is 2.86. The summed E-state index contributed by atoms with van der Waals surface area (Å²) < 4.78 is 2.03. The van der Waals surface area contributed by atoms with E-state index >= 15 is 0 Å². The van der Waals surface area contributed by atoms with Crippen LogP contribution in [0.3, 0.4) is 0 Å². The van der Waals surface area contributed by atoms with E-state index in [1.165, 1.54) is 4.57 Å². The van der Waals surface area contributed by atoms with Gasteiger partial charge in [0.05, 0.1) is 16.8 Å². The lowest BCUT2D eigenvalue weighted by Gasteiger charge is -2.05. The van der Waals surface area contributed by atoms with Crippen LogP contribution in [0, 0.1) is 6.92 Å². The fourth-order valence-electron chi connectivity index (χ4n) is 1.96. The SMILES string of the molecule is Cc1ccc(-n2ccc3cc(C(N)=O)sc3c2=O)cn1. The molecule has 0 saturated carbocycles. The summed E-state index contributed by atoms with van der Waals surface area (Å²) in [7, 11) is 0. The molecule has 0 unspecified atom stereocenters. The number of amides is 1. The summed E-state index contributed by atoms with van der Waals surface area (Å²) in [5.41, 5.74) is 6.65. The maximum atomic E-state index is 12.4. The molecule has 0 bridgehead atoms. The number of nitrogens with zero attached hydrogens (tertiary/aromatic N) is 2. The molecule has 2 N–H and O–H groups in total. The Kier molecular flexibility index (Phi) is 2.87. The third-order valence-corrected chi connectivity index (χ3v) is 4.15. The average molecular weight is 285 g/mol. The fourth-order valence-corrected chi connectivity index (χ4v) is 2.89. The molecule has 0 aliphatic heterocycles. The zero-order valence-electron chi connectivity index (χ0n) is 10.7. The van der Waals surface area contributed by atoms with Gasteiger partial charge in [0.2, 0.25) is 0 Å². The summed E-state index contributed by atoms with van der Waals surface area (Å²) >= 11 is 1.12. The molecule has 0 saturated heterocycles. The topological polar surface area (TPSA) is 78.0 Å². The first-order valence-electron chi connectivity index (χ1n) is 5.94. The Balaban J connectivity index is 2.23. The van der Waals surface area contributed by atoms with Gasteiger partial charge >= 0.3 is 0 Å². The van der Waals surface area contributed by atoms with Crippen LogP contribution < -0.4 is 11.3 Å². The third kappa shape index (κ3) is 2.00. The van der Waals surface area contributed by atoms with Crippen molar-refractivity contribution in [3.05, 3.63) is 57.6 Å². The van der Waals surface area contributed by atoms with Gasteiger partial charge in [-0.1, -0.05) is 0 Å². The van der Waals surface area contributed by atoms with Crippen molar-refractivity contribution in [2.75, 3.05) is 0 Å². The monoisotopic (exact) mass is 285 g/mol. The van der Waals surface area contributed by atoms with Gasteiger partial charge in [-0.2, -0.15) is 0 Å². The van der Waals surface area contributed by atoms with Crippen molar-refractivity contribution in [2.24, 2.45) is 5.73 Å². The number of primary amides is 1. The van der Waals surface area contributed by atoms with E-state index in [4.69, 9.17) is 5.73 Å². The smallest absolute Gasteiger partial charge is 0.273 e. The molecule has 0 fully saturated rings. The number of fused-ring (bicyclic) bond motifs is 1. The molecule has 6 heteroatoms. The van der Waals surface area contributed by atoms with Gasteiger partial charge in [-0.25, -0.2) is 0 Å². The molecule has 100 valence electrons. The quantitative estimate of drug-likeness (QED) is 0.780. The number of hydrogen-bond acceptors (Lipinski definition) is 4. The molecule has 0 radical (unpaired) electrons. The Labute approximate surface area is 118 Å². The number of carbonyl (C=O) groups excluding carboxylic acids is 1. The van der Waals surface area contributed by atoms with Gasteiger partial charge < -0.3 is 5.73 Å². The molecular weight excluding hydrogens is 274 g/mol. The summed E-state index contributed by atoms with van der Waals surface area (Å²) in [4.78, 5) is 28.2. The summed E-state index contributed by atoms with van der Waals surface area (Å²) in [5, 5.41) is 0.727. The molecule has 3 aromatic rings. The molecule has 3 heterocycles. The Hall–Kier alpha value is -2.47. The van der Waals surface area contributed by atoms with Crippen LogP contribution in [0.4, 0.5) is 0 Å². The summed E-state index contributed by atoms with van der Waals surface area (Å²) in [6, 6.07) is 7.11. The van der Waals surface area contributed by atoms with Crippen molar-refractivity contribution in [1.29, 1.82) is 0 Å². The largest absolute Gasteiger partial charge is 0.365 e. The van der Waals surface area contributed by atoms with Crippen molar-refractivity contribution >= 4 is 27.3 Å². The van der Waals surface area contributed by atoms with Crippen LogP contribution in [0.15, 0.2) is 41.5 Å². The summed E-state index contributed by atoms with van der Waals surface area (Å²) in [5.74, 6) is -0.519. The first kappa shape index (κ1) is 12.6. The molecule has 3 rings (SSSR count). The highest BCUT2D eigenvalue weighted by Crippen LogP contribution is 2.22.